The van der Waals surface area contributed by atoms with Crippen LogP contribution in [0.4, 0.5) is 0 Å². The van der Waals surface area contributed by atoms with Crippen LogP contribution in [0.2, 0.25) is 0 Å². The molecule has 1 aliphatic rings. The third kappa shape index (κ3) is 1.76. The average molecular weight is 213 g/mol. The van der Waals surface area contributed by atoms with Crippen molar-refractivity contribution in [3.63, 3.8) is 0 Å². The largest absolute Gasteiger partial charge is 0.378 e. The quantitative estimate of drug-likeness (QED) is 0.674. The zero-order valence-electron chi connectivity index (χ0n) is 7.89. The van der Waals surface area contributed by atoms with Crippen LogP contribution < -0.4 is 0 Å². The number of aryl methyl sites for hydroxylation is 1. The smallest absolute Gasteiger partial charge is 0.275 e. The van der Waals surface area contributed by atoms with Crippen LogP contribution in [0.15, 0.2) is 0 Å². The fourth-order valence-corrected chi connectivity index (χ4v) is 1.81. The summed E-state index contributed by atoms with van der Waals surface area (Å²) in [7, 11) is 0. The molecule has 0 unspecified atom stereocenters. The molecule has 1 amide bonds. The summed E-state index contributed by atoms with van der Waals surface area (Å²) in [6.45, 7) is 4.38. The number of hydrogen-bond acceptors (Lipinski definition) is 5. The number of carbonyl (C=O) groups is 1. The minimum atomic E-state index is -0.0282. The topological polar surface area (TPSA) is 55.3 Å². The molecule has 1 aliphatic heterocycles. The maximum absolute atomic E-state index is 11.9. The Hall–Kier alpha value is -1.01. The van der Waals surface area contributed by atoms with E-state index in [4.69, 9.17) is 4.74 Å². The Kier molecular flexibility index (Phi) is 2.74. The summed E-state index contributed by atoms with van der Waals surface area (Å²) in [6, 6.07) is 0. The second-order valence-corrected chi connectivity index (χ2v) is 4.04. The lowest BCUT2D eigenvalue weighted by Gasteiger charge is -2.26. The number of nitrogens with zero attached hydrogens (tertiary/aromatic N) is 3. The van der Waals surface area contributed by atoms with E-state index in [0.717, 1.165) is 4.88 Å². The molecule has 0 aromatic carbocycles. The van der Waals surface area contributed by atoms with E-state index in [1.807, 2.05) is 6.92 Å². The fourth-order valence-electron chi connectivity index (χ4n) is 1.35. The molecule has 1 saturated heterocycles. The molecule has 0 bridgehead atoms. The highest BCUT2D eigenvalue weighted by Gasteiger charge is 2.22. The molecule has 2 heterocycles. The molecule has 0 saturated carbocycles. The molecular weight excluding hydrogens is 202 g/mol. The lowest BCUT2D eigenvalue weighted by Crippen LogP contribution is -2.41. The predicted molar refractivity (Wildman–Crippen MR) is 51.4 cm³/mol. The molecule has 0 spiro atoms. The van der Waals surface area contributed by atoms with Crippen molar-refractivity contribution >= 4 is 17.4 Å². The van der Waals surface area contributed by atoms with Crippen LogP contribution in [0.3, 0.4) is 0 Å². The second kappa shape index (κ2) is 4.02. The van der Waals surface area contributed by atoms with Gasteiger partial charge in [0.1, 0.15) is 0 Å². The van der Waals surface area contributed by atoms with Crippen molar-refractivity contribution in [2.24, 2.45) is 0 Å². The normalized spacial score (nSPS) is 17.1. The predicted octanol–water partition coefficient (Wildman–Crippen LogP) is 0.319. The highest BCUT2D eigenvalue weighted by atomic mass is 32.1. The van der Waals surface area contributed by atoms with Crippen LogP contribution in [0.25, 0.3) is 0 Å². The van der Waals surface area contributed by atoms with Gasteiger partial charge in [-0.1, -0.05) is 4.49 Å². The van der Waals surface area contributed by atoms with E-state index >= 15 is 0 Å². The van der Waals surface area contributed by atoms with Gasteiger partial charge in [0, 0.05) is 13.1 Å². The Bertz CT molecular complexity index is 333. The Balaban J connectivity index is 2.11. The third-order valence-electron chi connectivity index (χ3n) is 2.15. The van der Waals surface area contributed by atoms with E-state index in [9.17, 15) is 4.79 Å². The van der Waals surface area contributed by atoms with Gasteiger partial charge >= 0.3 is 0 Å². The number of ether oxygens (including phenoxy) is 1. The Labute approximate surface area is 85.8 Å². The van der Waals surface area contributed by atoms with Gasteiger partial charge in [0.25, 0.3) is 5.91 Å². The van der Waals surface area contributed by atoms with Crippen LogP contribution in [-0.4, -0.2) is 46.7 Å². The first-order chi connectivity index (χ1) is 6.79. The van der Waals surface area contributed by atoms with Crippen molar-refractivity contribution < 1.29 is 9.53 Å². The maximum atomic E-state index is 11.9. The number of rotatable bonds is 1. The van der Waals surface area contributed by atoms with Gasteiger partial charge in [-0.15, -0.1) is 5.10 Å². The Morgan fingerprint density at radius 1 is 1.50 bits per heavy atom. The zero-order valence-corrected chi connectivity index (χ0v) is 8.71. The standard InChI is InChI=1S/C8H11N3O2S/c1-6-7(9-10-14-6)8(12)11-2-4-13-5-3-11/h2-5H2,1H3. The first kappa shape index (κ1) is 9.54. The van der Waals surface area contributed by atoms with Crippen molar-refractivity contribution in [3.8, 4) is 0 Å². The van der Waals surface area contributed by atoms with Crippen LogP contribution in [-0.2, 0) is 4.74 Å². The number of amides is 1. The monoisotopic (exact) mass is 213 g/mol. The van der Waals surface area contributed by atoms with Crippen LogP contribution >= 0.6 is 11.5 Å². The lowest BCUT2D eigenvalue weighted by molar-refractivity contribution is 0.0298. The average Bonchev–Trinajstić information content (AvgIpc) is 2.65. The SMILES string of the molecule is Cc1snnc1C(=O)N1CCOCC1. The summed E-state index contributed by atoms with van der Waals surface area (Å²) in [5.74, 6) is -0.0282. The Morgan fingerprint density at radius 2 is 2.21 bits per heavy atom. The molecule has 1 fully saturated rings. The third-order valence-corrected chi connectivity index (χ3v) is 2.78. The molecule has 2 rings (SSSR count). The van der Waals surface area contributed by atoms with E-state index in [2.05, 4.69) is 9.59 Å². The molecule has 6 heteroatoms. The van der Waals surface area contributed by atoms with Gasteiger partial charge in [-0.2, -0.15) is 0 Å². The van der Waals surface area contributed by atoms with Gasteiger partial charge < -0.3 is 9.64 Å². The van der Waals surface area contributed by atoms with Gasteiger partial charge in [0.15, 0.2) is 5.69 Å². The molecule has 0 N–H and O–H groups in total. The van der Waals surface area contributed by atoms with Crippen LogP contribution in [0.1, 0.15) is 15.4 Å². The summed E-state index contributed by atoms with van der Waals surface area (Å²) in [5.41, 5.74) is 0.483. The van der Waals surface area contributed by atoms with Gasteiger partial charge in [-0.25, -0.2) is 0 Å². The molecule has 0 atom stereocenters. The molecule has 76 valence electrons. The van der Waals surface area contributed by atoms with E-state index in [1.54, 1.807) is 4.90 Å². The van der Waals surface area contributed by atoms with Gasteiger partial charge in [0.2, 0.25) is 0 Å². The molecule has 0 aliphatic carbocycles. The van der Waals surface area contributed by atoms with Crippen molar-refractivity contribution in [2.45, 2.75) is 6.92 Å². The summed E-state index contributed by atoms with van der Waals surface area (Å²) in [4.78, 5) is 14.5. The lowest BCUT2D eigenvalue weighted by atomic mass is 10.3. The first-order valence-electron chi connectivity index (χ1n) is 4.45. The first-order valence-corrected chi connectivity index (χ1v) is 5.22. The number of morpholine rings is 1. The summed E-state index contributed by atoms with van der Waals surface area (Å²) >= 11 is 1.26. The van der Waals surface area contributed by atoms with Crippen molar-refractivity contribution in [1.29, 1.82) is 0 Å². The summed E-state index contributed by atoms with van der Waals surface area (Å²) < 4.78 is 8.92. The zero-order chi connectivity index (χ0) is 9.97. The van der Waals surface area contributed by atoms with Gasteiger partial charge in [0.05, 0.1) is 18.1 Å². The molecule has 1 aromatic rings. The summed E-state index contributed by atoms with van der Waals surface area (Å²) in [5, 5.41) is 3.83. The molecule has 0 radical (unpaired) electrons. The summed E-state index contributed by atoms with van der Waals surface area (Å²) in [6.07, 6.45) is 0. The van der Waals surface area contributed by atoms with Crippen molar-refractivity contribution in [3.05, 3.63) is 10.6 Å². The second-order valence-electron chi connectivity index (χ2n) is 3.08. The van der Waals surface area contributed by atoms with Crippen molar-refractivity contribution in [1.82, 2.24) is 14.5 Å². The Morgan fingerprint density at radius 3 is 2.79 bits per heavy atom. The van der Waals surface area contributed by atoms with E-state index in [0.29, 0.717) is 32.0 Å². The number of carbonyl (C=O) groups excluding carboxylic acids is 1. The van der Waals surface area contributed by atoms with Crippen LogP contribution in [0.5, 0.6) is 0 Å². The minimum Gasteiger partial charge on any atom is -0.378 e. The van der Waals surface area contributed by atoms with Gasteiger partial charge in [-0.3, -0.25) is 4.79 Å². The van der Waals surface area contributed by atoms with E-state index in [-0.39, 0.29) is 5.91 Å². The van der Waals surface area contributed by atoms with Gasteiger partial charge in [-0.05, 0) is 18.5 Å². The van der Waals surface area contributed by atoms with Crippen LogP contribution in [0, 0.1) is 6.92 Å². The molecule has 5 nitrogen and oxygen atoms in total. The highest BCUT2D eigenvalue weighted by Crippen LogP contribution is 2.11. The molecule has 14 heavy (non-hydrogen) atoms. The highest BCUT2D eigenvalue weighted by molar-refractivity contribution is 7.05. The fraction of sp³-hybridized carbons (Fsp3) is 0.625. The molecule has 1 aromatic heterocycles. The van der Waals surface area contributed by atoms with E-state index in [1.165, 1.54) is 11.5 Å². The van der Waals surface area contributed by atoms with E-state index < -0.39 is 0 Å². The maximum Gasteiger partial charge on any atom is 0.275 e. The van der Waals surface area contributed by atoms with Crippen molar-refractivity contribution in [2.75, 3.05) is 26.3 Å². The number of aromatic nitrogens is 2. The number of hydrogen-bond donors (Lipinski definition) is 0. The minimum absolute atomic E-state index is 0.0282. The molecular formula is C8H11N3O2S.